The molecule has 1 heterocycles. The Morgan fingerprint density at radius 2 is 2.27 bits per heavy atom. The quantitative estimate of drug-likeness (QED) is 0.627. The lowest BCUT2D eigenvalue weighted by Gasteiger charge is -2.15. The number of primary amides is 1. The number of amides is 1. The van der Waals surface area contributed by atoms with Crippen molar-refractivity contribution in [3.63, 3.8) is 0 Å². The molecule has 0 aromatic rings. The summed E-state index contributed by atoms with van der Waals surface area (Å²) in [6.45, 7) is 0. The highest BCUT2D eigenvalue weighted by atomic mass is 19.3. The third-order valence-corrected chi connectivity index (χ3v) is 1.35. The minimum absolute atomic E-state index is 0.889. The van der Waals surface area contributed by atoms with Gasteiger partial charge in [0.2, 0.25) is 5.54 Å². The Balaban J connectivity index is 2.99. The van der Waals surface area contributed by atoms with Crippen molar-refractivity contribution in [1.82, 2.24) is 0 Å². The summed E-state index contributed by atoms with van der Waals surface area (Å²) in [4.78, 5) is 10.5. The first kappa shape index (κ1) is 7.77. The summed E-state index contributed by atoms with van der Waals surface area (Å²) in [5.74, 6) is -1.19. The third-order valence-electron chi connectivity index (χ3n) is 1.35. The number of alkyl halides is 2. The van der Waals surface area contributed by atoms with Gasteiger partial charge in [0.05, 0.1) is 0 Å². The van der Waals surface area contributed by atoms with Gasteiger partial charge in [-0.25, -0.2) is 8.78 Å². The molecule has 0 aromatic carbocycles. The topological polar surface area (TPSA) is 67.8 Å². The molecule has 0 aromatic heterocycles. The normalized spacial score (nSPS) is 28.3. The predicted octanol–water partition coefficient (Wildman–Crippen LogP) is 0.455. The summed E-state index contributed by atoms with van der Waals surface area (Å²) in [6.07, 6.45) is -1.03. The van der Waals surface area contributed by atoms with Gasteiger partial charge in [0.25, 0.3) is 12.3 Å². The highest BCUT2D eigenvalue weighted by Gasteiger charge is 2.46. The molecule has 1 amide bonds. The van der Waals surface area contributed by atoms with Crippen LogP contribution in [0, 0.1) is 0 Å². The second kappa shape index (κ2) is 2.37. The van der Waals surface area contributed by atoms with Crippen LogP contribution in [0.5, 0.6) is 0 Å². The van der Waals surface area contributed by atoms with Crippen molar-refractivity contribution in [3.8, 4) is 0 Å². The smallest absolute Gasteiger partial charge is 0.277 e. The SMILES string of the molecule is NC(=O)C1(C(F)F)C=CN=N1. The van der Waals surface area contributed by atoms with E-state index in [1.54, 1.807) is 0 Å². The highest BCUT2D eigenvalue weighted by Crippen LogP contribution is 2.26. The van der Waals surface area contributed by atoms with Crippen LogP contribution >= 0.6 is 0 Å². The van der Waals surface area contributed by atoms with E-state index < -0.39 is 17.9 Å². The van der Waals surface area contributed by atoms with Crippen LogP contribution in [-0.4, -0.2) is 17.9 Å². The fourth-order valence-corrected chi connectivity index (χ4v) is 0.665. The van der Waals surface area contributed by atoms with E-state index in [9.17, 15) is 13.6 Å². The van der Waals surface area contributed by atoms with Crippen LogP contribution in [0.25, 0.3) is 0 Å². The van der Waals surface area contributed by atoms with Gasteiger partial charge in [-0.3, -0.25) is 4.79 Å². The molecule has 1 aliphatic heterocycles. The minimum atomic E-state index is -2.94. The maximum absolute atomic E-state index is 12.1. The summed E-state index contributed by atoms with van der Waals surface area (Å²) < 4.78 is 24.3. The Bertz CT molecular complexity index is 224. The molecule has 1 rings (SSSR count). The molecule has 1 unspecified atom stereocenters. The number of rotatable bonds is 2. The maximum Gasteiger partial charge on any atom is 0.277 e. The van der Waals surface area contributed by atoms with E-state index >= 15 is 0 Å². The van der Waals surface area contributed by atoms with Crippen LogP contribution < -0.4 is 5.73 Å². The fourth-order valence-electron chi connectivity index (χ4n) is 0.665. The molecular formula is C5H5F2N3O. The van der Waals surface area contributed by atoms with Crippen LogP contribution in [0.1, 0.15) is 0 Å². The maximum atomic E-state index is 12.1. The molecule has 0 saturated carbocycles. The monoisotopic (exact) mass is 161 g/mol. The molecule has 0 fully saturated rings. The first-order valence-electron chi connectivity index (χ1n) is 2.77. The van der Waals surface area contributed by atoms with Crippen LogP contribution in [-0.2, 0) is 4.79 Å². The molecule has 0 saturated heterocycles. The highest BCUT2D eigenvalue weighted by molar-refractivity contribution is 5.88. The molecule has 0 bridgehead atoms. The van der Waals surface area contributed by atoms with Gasteiger partial charge in [0.1, 0.15) is 0 Å². The van der Waals surface area contributed by atoms with Crippen molar-refractivity contribution >= 4 is 5.91 Å². The first-order chi connectivity index (χ1) is 5.09. The Morgan fingerprint density at radius 1 is 1.64 bits per heavy atom. The zero-order chi connectivity index (χ0) is 8.48. The molecule has 0 aliphatic carbocycles. The molecule has 0 spiro atoms. The molecule has 60 valence electrons. The van der Waals surface area contributed by atoms with Gasteiger partial charge in [-0.1, -0.05) is 0 Å². The molecule has 0 radical (unpaired) electrons. The Morgan fingerprint density at radius 3 is 2.45 bits per heavy atom. The molecule has 11 heavy (non-hydrogen) atoms. The van der Waals surface area contributed by atoms with Crippen molar-refractivity contribution in [2.45, 2.75) is 12.0 Å². The van der Waals surface area contributed by atoms with E-state index in [0.29, 0.717) is 0 Å². The van der Waals surface area contributed by atoms with E-state index in [-0.39, 0.29) is 0 Å². The van der Waals surface area contributed by atoms with Gasteiger partial charge in [-0.15, -0.1) is 0 Å². The summed E-state index contributed by atoms with van der Waals surface area (Å²) in [5.41, 5.74) is 2.49. The zero-order valence-electron chi connectivity index (χ0n) is 5.37. The number of nitrogens with two attached hydrogens (primary N) is 1. The summed E-state index contributed by atoms with van der Waals surface area (Å²) >= 11 is 0. The Hall–Kier alpha value is -1.33. The van der Waals surface area contributed by atoms with Crippen molar-refractivity contribution < 1.29 is 13.6 Å². The fraction of sp³-hybridized carbons (Fsp3) is 0.400. The van der Waals surface area contributed by atoms with Gasteiger partial charge in [-0.05, 0) is 6.08 Å². The number of hydrogen-bond donors (Lipinski definition) is 1. The van der Waals surface area contributed by atoms with Gasteiger partial charge in [0.15, 0.2) is 0 Å². The third kappa shape index (κ3) is 0.997. The van der Waals surface area contributed by atoms with Gasteiger partial charge in [-0.2, -0.15) is 10.2 Å². The predicted molar refractivity (Wildman–Crippen MR) is 31.9 cm³/mol. The van der Waals surface area contributed by atoms with Crippen LogP contribution in [0.4, 0.5) is 8.78 Å². The van der Waals surface area contributed by atoms with E-state index in [0.717, 1.165) is 12.3 Å². The van der Waals surface area contributed by atoms with E-state index in [2.05, 4.69) is 10.2 Å². The standard InChI is InChI=1S/C5H5F2N3O/c6-3(7)5(4(8)11)1-2-9-10-5/h1-3H,(H2,8,11). The second-order valence-corrected chi connectivity index (χ2v) is 2.02. The lowest BCUT2D eigenvalue weighted by Crippen LogP contribution is -2.45. The second-order valence-electron chi connectivity index (χ2n) is 2.02. The molecular weight excluding hydrogens is 156 g/mol. The average Bonchev–Trinajstić information content (AvgIpc) is 2.34. The molecule has 2 N–H and O–H groups in total. The number of azo groups is 1. The molecule has 1 atom stereocenters. The lowest BCUT2D eigenvalue weighted by molar-refractivity contribution is -0.125. The van der Waals surface area contributed by atoms with Crippen molar-refractivity contribution in [2.75, 3.05) is 0 Å². The van der Waals surface area contributed by atoms with Crippen molar-refractivity contribution in [2.24, 2.45) is 16.0 Å². The Labute approximate surface area is 60.8 Å². The van der Waals surface area contributed by atoms with Gasteiger partial charge < -0.3 is 5.73 Å². The average molecular weight is 161 g/mol. The lowest BCUT2D eigenvalue weighted by atomic mass is 10.0. The summed E-state index contributed by atoms with van der Waals surface area (Å²) in [5, 5.41) is 6.20. The zero-order valence-corrected chi connectivity index (χ0v) is 5.37. The van der Waals surface area contributed by atoms with Gasteiger partial charge >= 0.3 is 0 Å². The molecule has 6 heteroatoms. The number of halogens is 2. The summed E-state index contributed by atoms with van der Waals surface area (Å²) in [7, 11) is 0. The Kier molecular flexibility index (Phi) is 1.67. The number of hydrogen-bond acceptors (Lipinski definition) is 3. The number of carbonyl (C=O) groups excluding carboxylic acids is 1. The number of carbonyl (C=O) groups is 1. The van der Waals surface area contributed by atoms with Crippen LogP contribution in [0.2, 0.25) is 0 Å². The molecule has 4 nitrogen and oxygen atoms in total. The summed E-state index contributed by atoms with van der Waals surface area (Å²) in [6, 6.07) is 0. The largest absolute Gasteiger partial charge is 0.367 e. The minimum Gasteiger partial charge on any atom is -0.367 e. The first-order valence-corrected chi connectivity index (χ1v) is 2.77. The van der Waals surface area contributed by atoms with E-state index in [1.165, 1.54) is 0 Å². The van der Waals surface area contributed by atoms with E-state index in [1.807, 2.05) is 0 Å². The van der Waals surface area contributed by atoms with Crippen molar-refractivity contribution in [1.29, 1.82) is 0 Å². The molecule has 1 aliphatic rings. The van der Waals surface area contributed by atoms with Crippen LogP contribution in [0.3, 0.4) is 0 Å². The number of nitrogens with zero attached hydrogens (tertiary/aromatic N) is 2. The van der Waals surface area contributed by atoms with Gasteiger partial charge in [0, 0.05) is 6.20 Å². The van der Waals surface area contributed by atoms with Crippen LogP contribution in [0.15, 0.2) is 22.5 Å². The van der Waals surface area contributed by atoms with Crippen molar-refractivity contribution in [3.05, 3.63) is 12.3 Å². The van der Waals surface area contributed by atoms with E-state index in [4.69, 9.17) is 5.73 Å².